The Kier molecular flexibility index (Phi) is 3.28. The van der Waals surface area contributed by atoms with E-state index in [0.29, 0.717) is 24.5 Å². The van der Waals surface area contributed by atoms with Gasteiger partial charge in [-0.2, -0.15) is 4.31 Å². The first-order valence-corrected chi connectivity index (χ1v) is 7.72. The molecule has 3 rings (SSSR count). The van der Waals surface area contributed by atoms with E-state index in [4.69, 9.17) is 5.73 Å². The summed E-state index contributed by atoms with van der Waals surface area (Å²) in [5.41, 5.74) is 6.25. The zero-order valence-electron chi connectivity index (χ0n) is 10.8. The number of aromatic nitrogens is 3. The van der Waals surface area contributed by atoms with Crippen molar-refractivity contribution < 1.29 is 8.42 Å². The molecule has 0 saturated carbocycles. The topological polar surface area (TPSA) is 94.1 Å². The molecule has 0 bridgehead atoms. The van der Waals surface area contributed by atoms with Gasteiger partial charge in [-0.3, -0.25) is 0 Å². The summed E-state index contributed by atoms with van der Waals surface area (Å²) in [5.74, 6) is 0.657. The van der Waals surface area contributed by atoms with Gasteiger partial charge >= 0.3 is 0 Å². The van der Waals surface area contributed by atoms with Crippen molar-refractivity contribution in [2.75, 3.05) is 6.54 Å². The molecule has 1 aliphatic rings. The highest BCUT2D eigenvalue weighted by Crippen LogP contribution is 2.23. The quantitative estimate of drug-likeness (QED) is 0.855. The highest BCUT2D eigenvalue weighted by molar-refractivity contribution is 7.89. The van der Waals surface area contributed by atoms with Crippen molar-refractivity contribution in [3.8, 4) is 0 Å². The summed E-state index contributed by atoms with van der Waals surface area (Å²) in [4.78, 5) is 0.274. The van der Waals surface area contributed by atoms with Crippen LogP contribution in [0.4, 0.5) is 0 Å². The van der Waals surface area contributed by atoms with E-state index in [-0.39, 0.29) is 18.0 Å². The molecule has 7 nitrogen and oxygen atoms in total. The van der Waals surface area contributed by atoms with Gasteiger partial charge in [0.15, 0.2) is 0 Å². The van der Waals surface area contributed by atoms with Crippen LogP contribution < -0.4 is 5.73 Å². The number of rotatable bonds is 3. The van der Waals surface area contributed by atoms with Crippen LogP contribution in [0.2, 0.25) is 0 Å². The van der Waals surface area contributed by atoms with Crippen LogP contribution in [-0.2, 0) is 29.7 Å². The minimum atomic E-state index is -3.55. The summed E-state index contributed by atoms with van der Waals surface area (Å²) < 4.78 is 28.7. The Hall–Kier alpha value is -1.77. The summed E-state index contributed by atoms with van der Waals surface area (Å²) in [6, 6.07) is 6.82. The minimum Gasteiger partial charge on any atom is -0.326 e. The maximum atomic E-state index is 12.7. The second kappa shape index (κ2) is 4.97. The first-order valence-electron chi connectivity index (χ1n) is 6.28. The maximum absolute atomic E-state index is 12.7. The van der Waals surface area contributed by atoms with Crippen molar-refractivity contribution in [3.63, 3.8) is 0 Å². The van der Waals surface area contributed by atoms with Gasteiger partial charge in [-0.25, -0.2) is 8.42 Å². The number of hydrogen-bond acceptors (Lipinski definition) is 5. The molecule has 0 atom stereocenters. The molecule has 2 aromatic rings. The van der Waals surface area contributed by atoms with Gasteiger partial charge in [0.2, 0.25) is 10.0 Å². The zero-order chi connectivity index (χ0) is 14.2. The third-order valence-electron chi connectivity index (χ3n) is 3.41. The largest absolute Gasteiger partial charge is 0.326 e. The number of nitrogens with zero attached hydrogens (tertiary/aromatic N) is 4. The van der Waals surface area contributed by atoms with Crippen LogP contribution in [0, 0.1) is 0 Å². The molecule has 1 aromatic carbocycles. The average Bonchev–Trinajstić information content (AvgIpc) is 2.94. The molecule has 0 spiro atoms. The second-order valence-electron chi connectivity index (χ2n) is 4.59. The molecule has 0 saturated heterocycles. The standard InChI is InChI=1S/C12H15N5O2S/c13-7-10-3-1-2-4-11(10)20(18,19)17-6-5-16-9-14-15-12(16)8-17/h1-4,9H,5-8,13H2. The smallest absolute Gasteiger partial charge is 0.243 e. The van der Waals surface area contributed by atoms with Crippen LogP contribution in [0.1, 0.15) is 11.4 Å². The second-order valence-corrected chi connectivity index (χ2v) is 6.50. The van der Waals surface area contributed by atoms with E-state index in [1.807, 2.05) is 4.57 Å². The summed E-state index contributed by atoms with van der Waals surface area (Å²) in [5, 5.41) is 7.74. The SMILES string of the molecule is NCc1ccccc1S(=O)(=O)N1CCn2cnnc2C1. The Morgan fingerprint density at radius 2 is 2.05 bits per heavy atom. The summed E-state index contributed by atoms with van der Waals surface area (Å²) in [6.07, 6.45) is 1.62. The van der Waals surface area contributed by atoms with Crippen LogP contribution in [0.25, 0.3) is 0 Å². The molecule has 1 aliphatic heterocycles. The number of nitrogens with two attached hydrogens (primary N) is 1. The molecule has 2 heterocycles. The lowest BCUT2D eigenvalue weighted by atomic mass is 10.2. The third kappa shape index (κ3) is 2.11. The first-order chi connectivity index (χ1) is 9.63. The Morgan fingerprint density at radius 1 is 1.25 bits per heavy atom. The zero-order valence-corrected chi connectivity index (χ0v) is 11.6. The van der Waals surface area contributed by atoms with Crippen LogP contribution in [0.5, 0.6) is 0 Å². The van der Waals surface area contributed by atoms with Gasteiger partial charge in [-0.15, -0.1) is 10.2 Å². The van der Waals surface area contributed by atoms with Crippen molar-refractivity contribution in [2.24, 2.45) is 5.73 Å². The monoisotopic (exact) mass is 293 g/mol. The fraction of sp³-hybridized carbons (Fsp3) is 0.333. The van der Waals surface area contributed by atoms with E-state index in [9.17, 15) is 8.42 Å². The number of hydrogen-bond donors (Lipinski definition) is 1. The van der Waals surface area contributed by atoms with Crippen molar-refractivity contribution in [2.45, 2.75) is 24.5 Å². The van der Waals surface area contributed by atoms with E-state index < -0.39 is 10.0 Å². The molecule has 2 N–H and O–H groups in total. The van der Waals surface area contributed by atoms with Crippen molar-refractivity contribution in [1.29, 1.82) is 0 Å². The molecule has 0 unspecified atom stereocenters. The lowest BCUT2D eigenvalue weighted by Gasteiger charge is -2.27. The molecule has 0 fully saturated rings. The first kappa shape index (κ1) is 13.2. The highest BCUT2D eigenvalue weighted by atomic mass is 32.2. The lowest BCUT2D eigenvalue weighted by molar-refractivity contribution is 0.335. The van der Waals surface area contributed by atoms with Gasteiger partial charge < -0.3 is 10.3 Å². The molecular weight excluding hydrogens is 278 g/mol. The minimum absolute atomic E-state index is 0.194. The average molecular weight is 293 g/mol. The van der Waals surface area contributed by atoms with Gasteiger partial charge in [0.1, 0.15) is 12.2 Å². The molecular formula is C12H15N5O2S. The van der Waals surface area contributed by atoms with E-state index in [0.717, 1.165) is 0 Å². The van der Waals surface area contributed by atoms with Crippen LogP contribution >= 0.6 is 0 Å². The third-order valence-corrected chi connectivity index (χ3v) is 5.36. The molecule has 0 radical (unpaired) electrons. The van der Waals surface area contributed by atoms with Gasteiger partial charge in [0.05, 0.1) is 11.4 Å². The van der Waals surface area contributed by atoms with Gasteiger partial charge in [-0.05, 0) is 11.6 Å². The molecule has 1 aromatic heterocycles. The predicted molar refractivity (Wildman–Crippen MR) is 72.0 cm³/mol. The van der Waals surface area contributed by atoms with Gasteiger partial charge in [0.25, 0.3) is 0 Å². The van der Waals surface area contributed by atoms with Crippen molar-refractivity contribution in [1.82, 2.24) is 19.1 Å². The van der Waals surface area contributed by atoms with Crippen molar-refractivity contribution in [3.05, 3.63) is 42.0 Å². The molecule has 106 valence electrons. The van der Waals surface area contributed by atoms with E-state index in [2.05, 4.69) is 10.2 Å². The maximum Gasteiger partial charge on any atom is 0.243 e. The van der Waals surface area contributed by atoms with Crippen molar-refractivity contribution >= 4 is 10.0 Å². The molecule has 0 aliphatic carbocycles. The summed E-state index contributed by atoms with van der Waals surface area (Å²) in [7, 11) is -3.55. The van der Waals surface area contributed by atoms with Gasteiger partial charge in [0, 0.05) is 19.6 Å². The summed E-state index contributed by atoms with van der Waals surface area (Å²) in [6.45, 7) is 1.40. The fourth-order valence-corrected chi connectivity index (χ4v) is 3.93. The Morgan fingerprint density at radius 3 is 2.85 bits per heavy atom. The number of sulfonamides is 1. The predicted octanol–water partition coefficient (Wildman–Crippen LogP) is -0.0587. The van der Waals surface area contributed by atoms with E-state index >= 15 is 0 Å². The number of fused-ring (bicyclic) bond motifs is 1. The molecule has 8 heteroatoms. The van der Waals surface area contributed by atoms with Crippen LogP contribution in [0.3, 0.4) is 0 Å². The molecule has 20 heavy (non-hydrogen) atoms. The Labute approximate surface area is 117 Å². The summed E-state index contributed by atoms with van der Waals surface area (Å²) >= 11 is 0. The highest BCUT2D eigenvalue weighted by Gasteiger charge is 2.30. The van der Waals surface area contributed by atoms with Crippen LogP contribution in [-0.4, -0.2) is 34.0 Å². The fourth-order valence-electron chi connectivity index (χ4n) is 2.31. The normalized spacial score (nSPS) is 16.1. The Bertz CT molecular complexity index is 725. The molecule has 0 amide bonds. The van der Waals surface area contributed by atoms with E-state index in [1.165, 1.54) is 4.31 Å². The van der Waals surface area contributed by atoms with Gasteiger partial charge in [-0.1, -0.05) is 18.2 Å². The lowest BCUT2D eigenvalue weighted by Crippen LogP contribution is -2.38. The Balaban J connectivity index is 1.97. The van der Waals surface area contributed by atoms with E-state index in [1.54, 1.807) is 30.6 Å². The number of benzene rings is 1. The van der Waals surface area contributed by atoms with Crippen LogP contribution in [0.15, 0.2) is 35.5 Å².